The zero-order valence-corrected chi connectivity index (χ0v) is 12.0. The number of hydrogen-bond acceptors (Lipinski definition) is 3. The molecule has 4 heteroatoms. The number of rotatable bonds is 8. The quantitative estimate of drug-likeness (QED) is 0.702. The molecule has 0 radical (unpaired) electrons. The molecule has 1 aromatic carbocycles. The molecule has 0 aliphatic rings. The van der Waals surface area contributed by atoms with Crippen molar-refractivity contribution in [3.63, 3.8) is 0 Å². The first-order valence-corrected chi connectivity index (χ1v) is 6.68. The van der Waals surface area contributed by atoms with Crippen LogP contribution in [0.2, 0.25) is 0 Å². The second-order valence-corrected chi connectivity index (χ2v) is 4.84. The average molecular weight is 264 g/mol. The lowest BCUT2D eigenvalue weighted by molar-refractivity contribution is -0.120. The molecule has 2 N–H and O–H groups in total. The highest BCUT2D eigenvalue weighted by atomic mass is 16.5. The van der Waals surface area contributed by atoms with Gasteiger partial charge in [-0.2, -0.15) is 0 Å². The molecule has 106 valence electrons. The molecule has 1 amide bonds. The number of carbonyl (C=O) groups excluding carboxylic acids is 1. The van der Waals surface area contributed by atoms with Crippen LogP contribution in [0.15, 0.2) is 24.3 Å². The second-order valence-electron chi connectivity index (χ2n) is 4.84. The van der Waals surface area contributed by atoms with Gasteiger partial charge in [-0.05, 0) is 17.0 Å². The largest absolute Gasteiger partial charge is 0.383 e. The summed E-state index contributed by atoms with van der Waals surface area (Å²) in [4.78, 5) is 11.5. The third-order valence-electron chi connectivity index (χ3n) is 2.90. The fraction of sp³-hybridized carbons (Fsp3) is 0.533. The fourth-order valence-electron chi connectivity index (χ4n) is 1.66. The molecule has 0 aromatic heterocycles. The number of hydrogen-bond donors (Lipinski definition) is 2. The van der Waals surface area contributed by atoms with Crippen LogP contribution in [0, 0.1) is 0 Å². The first-order chi connectivity index (χ1) is 9.13. The Labute approximate surface area is 115 Å². The molecule has 0 atom stereocenters. The number of carbonyl (C=O) groups is 1. The number of amides is 1. The van der Waals surface area contributed by atoms with Crippen molar-refractivity contribution in [1.82, 2.24) is 10.6 Å². The highest BCUT2D eigenvalue weighted by Crippen LogP contribution is 2.14. The van der Waals surface area contributed by atoms with Crippen LogP contribution in [0.5, 0.6) is 0 Å². The van der Waals surface area contributed by atoms with Gasteiger partial charge >= 0.3 is 0 Å². The van der Waals surface area contributed by atoms with Gasteiger partial charge in [-0.1, -0.05) is 38.1 Å². The Balaban J connectivity index is 2.26. The van der Waals surface area contributed by atoms with E-state index < -0.39 is 0 Å². The summed E-state index contributed by atoms with van der Waals surface area (Å²) in [5.41, 5.74) is 2.44. The third kappa shape index (κ3) is 6.36. The topological polar surface area (TPSA) is 50.4 Å². The van der Waals surface area contributed by atoms with Crippen LogP contribution < -0.4 is 10.6 Å². The summed E-state index contributed by atoms with van der Waals surface area (Å²) in [6.07, 6.45) is 0. The van der Waals surface area contributed by atoms with Crippen LogP contribution in [0.3, 0.4) is 0 Å². The maximum Gasteiger partial charge on any atom is 0.234 e. The molecule has 0 spiro atoms. The number of ether oxygens (including phenoxy) is 1. The predicted molar refractivity (Wildman–Crippen MR) is 77.1 cm³/mol. The smallest absolute Gasteiger partial charge is 0.234 e. The van der Waals surface area contributed by atoms with Crippen molar-refractivity contribution in [3.05, 3.63) is 35.4 Å². The van der Waals surface area contributed by atoms with Crippen LogP contribution in [0.1, 0.15) is 30.9 Å². The summed E-state index contributed by atoms with van der Waals surface area (Å²) >= 11 is 0. The molecule has 0 fully saturated rings. The van der Waals surface area contributed by atoms with E-state index in [0.29, 0.717) is 32.2 Å². The van der Waals surface area contributed by atoms with E-state index in [-0.39, 0.29) is 5.91 Å². The highest BCUT2D eigenvalue weighted by molar-refractivity contribution is 5.77. The van der Waals surface area contributed by atoms with E-state index >= 15 is 0 Å². The monoisotopic (exact) mass is 264 g/mol. The van der Waals surface area contributed by atoms with Gasteiger partial charge in [0.2, 0.25) is 5.91 Å². The summed E-state index contributed by atoms with van der Waals surface area (Å²) in [7, 11) is 1.64. The minimum atomic E-state index is 0.00374. The van der Waals surface area contributed by atoms with Gasteiger partial charge in [-0.25, -0.2) is 0 Å². The van der Waals surface area contributed by atoms with Crippen molar-refractivity contribution >= 4 is 5.91 Å². The van der Waals surface area contributed by atoms with E-state index in [0.717, 1.165) is 5.56 Å². The Kier molecular flexibility index (Phi) is 7.15. The molecular weight excluding hydrogens is 240 g/mol. The lowest BCUT2D eigenvalue weighted by Crippen LogP contribution is -2.34. The van der Waals surface area contributed by atoms with Gasteiger partial charge < -0.3 is 15.4 Å². The molecule has 4 nitrogen and oxygen atoms in total. The van der Waals surface area contributed by atoms with Crippen LogP contribution in [0.25, 0.3) is 0 Å². The van der Waals surface area contributed by atoms with Crippen molar-refractivity contribution < 1.29 is 9.53 Å². The van der Waals surface area contributed by atoms with Gasteiger partial charge in [0.1, 0.15) is 0 Å². The van der Waals surface area contributed by atoms with E-state index in [2.05, 4.69) is 48.7 Å². The summed E-state index contributed by atoms with van der Waals surface area (Å²) in [5, 5.41) is 5.89. The number of nitrogens with one attached hydrogen (secondary N) is 2. The van der Waals surface area contributed by atoms with Gasteiger partial charge in [0.25, 0.3) is 0 Å². The Bertz CT molecular complexity index is 374. The fourth-order valence-corrected chi connectivity index (χ4v) is 1.66. The Morgan fingerprint density at radius 2 is 1.95 bits per heavy atom. The van der Waals surface area contributed by atoms with Crippen LogP contribution >= 0.6 is 0 Å². The molecule has 0 aliphatic heterocycles. The lowest BCUT2D eigenvalue weighted by atomic mass is 10.0. The van der Waals surface area contributed by atoms with Gasteiger partial charge in [-0.15, -0.1) is 0 Å². The van der Waals surface area contributed by atoms with Gasteiger partial charge in [0.15, 0.2) is 0 Å². The molecule has 0 heterocycles. The zero-order valence-electron chi connectivity index (χ0n) is 12.0. The van der Waals surface area contributed by atoms with Crippen molar-refractivity contribution in [3.8, 4) is 0 Å². The zero-order chi connectivity index (χ0) is 14.1. The average Bonchev–Trinajstić information content (AvgIpc) is 2.42. The van der Waals surface area contributed by atoms with Crippen LogP contribution in [-0.2, 0) is 16.1 Å². The Morgan fingerprint density at radius 1 is 1.26 bits per heavy atom. The van der Waals surface area contributed by atoms with E-state index in [9.17, 15) is 4.79 Å². The van der Waals surface area contributed by atoms with Gasteiger partial charge in [0.05, 0.1) is 13.2 Å². The van der Waals surface area contributed by atoms with Crippen molar-refractivity contribution in [2.24, 2.45) is 0 Å². The first kappa shape index (κ1) is 15.7. The van der Waals surface area contributed by atoms with E-state index in [1.54, 1.807) is 7.11 Å². The van der Waals surface area contributed by atoms with E-state index in [4.69, 9.17) is 4.74 Å². The molecule has 0 saturated carbocycles. The minimum Gasteiger partial charge on any atom is -0.383 e. The van der Waals surface area contributed by atoms with Crippen LogP contribution in [-0.4, -0.2) is 32.7 Å². The molecule has 0 saturated heterocycles. The Morgan fingerprint density at radius 3 is 2.53 bits per heavy atom. The normalized spacial score (nSPS) is 10.7. The molecule has 1 aromatic rings. The lowest BCUT2D eigenvalue weighted by Gasteiger charge is -2.09. The summed E-state index contributed by atoms with van der Waals surface area (Å²) < 4.78 is 4.89. The maximum absolute atomic E-state index is 11.5. The first-order valence-electron chi connectivity index (χ1n) is 6.68. The van der Waals surface area contributed by atoms with Crippen molar-refractivity contribution in [2.75, 3.05) is 26.8 Å². The predicted octanol–water partition coefficient (Wildman–Crippen LogP) is 1.66. The maximum atomic E-state index is 11.5. The summed E-state index contributed by atoms with van der Waals surface area (Å²) in [6, 6.07) is 8.36. The molecular formula is C15H24N2O2. The van der Waals surface area contributed by atoms with Crippen LogP contribution in [0.4, 0.5) is 0 Å². The standard InChI is InChI=1S/C15H24N2O2/c1-12(2)14-6-4-13(5-7-14)10-17-15(18)11-16-8-9-19-3/h4-7,12,16H,8-11H2,1-3H3,(H,17,18). The highest BCUT2D eigenvalue weighted by Gasteiger charge is 2.02. The molecule has 0 unspecified atom stereocenters. The van der Waals surface area contributed by atoms with Gasteiger partial charge in [-0.3, -0.25) is 4.79 Å². The molecule has 0 aliphatic carbocycles. The van der Waals surface area contributed by atoms with E-state index in [1.807, 2.05) is 0 Å². The Hall–Kier alpha value is -1.39. The summed E-state index contributed by atoms with van der Waals surface area (Å²) in [5.74, 6) is 0.540. The summed E-state index contributed by atoms with van der Waals surface area (Å²) in [6.45, 7) is 6.54. The molecule has 19 heavy (non-hydrogen) atoms. The SMILES string of the molecule is COCCNCC(=O)NCc1ccc(C(C)C)cc1. The molecule has 1 rings (SSSR count). The van der Waals surface area contributed by atoms with Gasteiger partial charge in [0, 0.05) is 20.2 Å². The van der Waals surface area contributed by atoms with Crippen molar-refractivity contribution in [2.45, 2.75) is 26.3 Å². The van der Waals surface area contributed by atoms with Crippen molar-refractivity contribution in [1.29, 1.82) is 0 Å². The van der Waals surface area contributed by atoms with E-state index in [1.165, 1.54) is 5.56 Å². The minimum absolute atomic E-state index is 0.00374. The molecule has 0 bridgehead atoms. The number of benzene rings is 1. The number of methoxy groups -OCH3 is 1. The second kappa shape index (κ2) is 8.67. The third-order valence-corrected chi connectivity index (χ3v) is 2.90.